The number of carbonyl (C=O) groups is 1. The van der Waals surface area contributed by atoms with Crippen molar-refractivity contribution < 1.29 is 19.4 Å². The van der Waals surface area contributed by atoms with E-state index in [0.717, 1.165) is 23.3 Å². The van der Waals surface area contributed by atoms with Crippen LogP contribution in [0.25, 0.3) is 0 Å². The molecule has 0 saturated heterocycles. The second kappa shape index (κ2) is 8.03. The van der Waals surface area contributed by atoms with Gasteiger partial charge in [0.15, 0.2) is 11.9 Å². The Morgan fingerprint density at radius 1 is 1.43 bits per heavy atom. The van der Waals surface area contributed by atoms with Crippen LogP contribution in [0.4, 0.5) is 0 Å². The van der Waals surface area contributed by atoms with Crippen LogP contribution >= 0.6 is 0 Å². The molecule has 0 aromatic heterocycles. The summed E-state index contributed by atoms with van der Waals surface area (Å²) in [7, 11) is 1.61. The Balaban J connectivity index is 0.000000263. The molecule has 3 rings (SSSR count). The van der Waals surface area contributed by atoms with Gasteiger partial charge in [-0.25, -0.2) is 0 Å². The highest BCUT2D eigenvalue weighted by Gasteiger charge is 2.34. The van der Waals surface area contributed by atoms with Crippen molar-refractivity contribution in [1.82, 2.24) is 0 Å². The minimum Gasteiger partial charge on any atom is -0.497 e. The summed E-state index contributed by atoms with van der Waals surface area (Å²) < 4.78 is 10.6. The van der Waals surface area contributed by atoms with E-state index in [2.05, 4.69) is 0 Å². The number of carbonyl (C=O) groups excluding carboxylic acids is 1. The zero-order valence-corrected chi connectivity index (χ0v) is 13.4. The first-order valence-corrected chi connectivity index (χ1v) is 7.53. The number of aliphatic hydroxyl groups is 1. The van der Waals surface area contributed by atoms with Gasteiger partial charge in [0.2, 0.25) is 0 Å². The highest BCUT2D eigenvalue weighted by molar-refractivity contribution is 5.66. The van der Waals surface area contributed by atoms with Crippen LogP contribution in [0.2, 0.25) is 0 Å². The zero-order valence-electron chi connectivity index (χ0n) is 13.4. The Labute approximate surface area is 127 Å². The van der Waals surface area contributed by atoms with Crippen molar-refractivity contribution in [1.29, 1.82) is 0 Å². The summed E-state index contributed by atoms with van der Waals surface area (Å²) >= 11 is 0. The van der Waals surface area contributed by atoms with Crippen molar-refractivity contribution in [3.8, 4) is 11.5 Å². The Morgan fingerprint density at radius 3 is 2.52 bits per heavy atom. The van der Waals surface area contributed by atoms with Crippen LogP contribution in [0, 0.1) is 5.92 Å². The molecule has 1 aromatic carbocycles. The number of benzene rings is 1. The fraction of sp³-hybridized carbons (Fsp3) is 0.588. The van der Waals surface area contributed by atoms with Crippen molar-refractivity contribution >= 4 is 6.29 Å². The molecule has 1 unspecified atom stereocenters. The number of hydrogen-bond donors (Lipinski definition) is 1. The van der Waals surface area contributed by atoms with Gasteiger partial charge in [-0.05, 0) is 37.3 Å². The van der Waals surface area contributed by atoms with Crippen LogP contribution in [0.3, 0.4) is 0 Å². The largest absolute Gasteiger partial charge is 0.497 e. The maximum atomic E-state index is 10.8. The lowest BCUT2D eigenvalue weighted by Gasteiger charge is -2.15. The third-order valence-corrected chi connectivity index (χ3v) is 3.36. The van der Waals surface area contributed by atoms with E-state index in [1.165, 1.54) is 12.8 Å². The van der Waals surface area contributed by atoms with E-state index < -0.39 is 5.60 Å². The zero-order chi connectivity index (χ0) is 15.9. The number of ether oxygens (including phenoxy) is 2. The van der Waals surface area contributed by atoms with E-state index in [9.17, 15) is 4.79 Å². The normalized spacial score (nSPS) is 21.8. The van der Waals surface area contributed by atoms with E-state index in [4.69, 9.17) is 14.6 Å². The number of hydrogen-bond acceptors (Lipinski definition) is 4. The molecule has 4 nitrogen and oxygen atoms in total. The number of aliphatic hydroxyl groups excluding tert-OH is 1. The summed E-state index contributed by atoms with van der Waals surface area (Å²) in [5, 5.41) is 8.21. The molecule has 1 N–H and O–H groups in total. The molecular formula is C17H26O4. The maximum Gasteiger partial charge on any atom is 0.165 e. The number of aldehydes is 1. The lowest BCUT2D eigenvalue weighted by Crippen LogP contribution is -2.31. The first kappa shape index (κ1) is 17.5. The summed E-state index contributed by atoms with van der Waals surface area (Å²) in [6.07, 6.45) is 4.00. The molecule has 2 aliphatic rings. The molecule has 118 valence electrons. The Kier molecular flexibility index (Phi) is 6.69. The average molecular weight is 294 g/mol. The van der Waals surface area contributed by atoms with Gasteiger partial charge >= 0.3 is 0 Å². The van der Waals surface area contributed by atoms with Gasteiger partial charge in [-0.3, -0.25) is 4.79 Å². The highest BCUT2D eigenvalue weighted by Crippen LogP contribution is 2.36. The lowest BCUT2D eigenvalue weighted by atomic mass is 10.0. The summed E-state index contributed by atoms with van der Waals surface area (Å²) in [5.41, 5.74) is 0.356. The van der Waals surface area contributed by atoms with Gasteiger partial charge < -0.3 is 14.6 Å². The Hall–Kier alpha value is -1.55. The van der Waals surface area contributed by atoms with E-state index in [1.54, 1.807) is 14.0 Å². The predicted molar refractivity (Wildman–Crippen MR) is 83.0 cm³/mol. The molecule has 1 fully saturated rings. The van der Waals surface area contributed by atoms with Gasteiger partial charge in [-0.1, -0.05) is 19.9 Å². The quantitative estimate of drug-likeness (QED) is 0.871. The molecule has 0 radical (unpaired) electrons. The fourth-order valence-corrected chi connectivity index (χ4v) is 1.93. The van der Waals surface area contributed by atoms with Gasteiger partial charge in [0.1, 0.15) is 11.5 Å². The molecule has 1 aliphatic carbocycles. The standard InChI is InChI=1S/C11H12O3.C4H8O.C2H6/c1-11(7-12)6-8-3-4-9(13-2)5-10(8)14-11;5-3-4-1-2-4;1-2/h3-5,7H,6H2,1-2H3;4-5H,1-3H2;1-2H3. The van der Waals surface area contributed by atoms with Crippen LogP contribution in [-0.4, -0.2) is 30.7 Å². The highest BCUT2D eigenvalue weighted by atomic mass is 16.5. The summed E-state index contributed by atoms with van der Waals surface area (Å²) in [5.74, 6) is 2.19. The van der Waals surface area contributed by atoms with Crippen LogP contribution in [0.5, 0.6) is 11.5 Å². The topological polar surface area (TPSA) is 55.8 Å². The lowest BCUT2D eigenvalue weighted by molar-refractivity contribution is -0.118. The van der Waals surface area contributed by atoms with Gasteiger partial charge in [0.05, 0.1) is 7.11 Å². The van der Waals surface area contributed by atoms with E-state index in [1.807, 2.05) is 32.0 Å². The molecule has 0 amide bonds. The first-order chi connectivity index (χ1) is 10.1. The number of fused-ring (bicyclic) bond motifs is 1. The van der Waals surface area contributed by atoms with Gasteiger partial charge in [0.25, 0.3) is 0 Å². The Bertz CT molecular complexity index is 454. The maximum absolute atomic E-state index is 10.8. The Morgan fingerprint density at radius 2 is 2.10 bits per heavy atom. The monoisotopic (exact) mass is 294 g/mol. The molecule has 0 bridgehead atoms. The molecular weight excluding hydrogens is 268 g/mol. The molecule has 1 aromatic rings. The first-order valence-electron chi connectivity index (χ1n) is 7.53. The summed E-state index contributed by atoms with van der Waals surface area (Å²) in [6, 6.07) is 5.62. The smallest absolute Gasteiger partial charge is 0.165 e. The van der Waals surface area contributed by atoms with E-state index in [-0.39, 0.29) is 0 Å². The number of methoxy groups -OCH3 is 1. The van der Waals surface area contributed by atoms with Crippen molar-refractivity contribution in [3.05, 3.63) is 23.8 Å². The van der Waals surface area contributed by atoms with Crippen molar-refractivity contribution in [2.75, 3.05) is 13.7 Å². The van der Waals surface area contributed by atoms with E-state index >= 15 is 0 Å². The minimum absolute atomic E-state index is 0.417. The second-order valence-electron chi connectivity index (χ2n) is 5.31. The van der Waals surface area contributed by atoms with Gasteiger partial charge in [-0.2, -0.15) is 0 Å². The molecule has 21 heavy (non-hydrogen) atoms. The molecule has 1 saturated carbocycles. The molecule has 1 atom stereocenters. The van der Waals surface area contributed by atoms with E-state index in [0.29, 0.717) is 18.9 Å². The summed E-state index contributed by atoms with van der Waals surface area (Å²) in [6.45, 7) is 6.20. The molecule has 0 spiro atoms. The van der Waals surface area contributed by atoms with Crippen LogP contribution in [0.15, 0.2) is 18.2 Å². The van der Waals surface area contributed by atoms with Crippen LogP contribution < -0.4 is 9.47 Å². The predicted octanol–water partition coefficient (Wildman–Crippen LogP) is 3.00. The molecule has 1 heterocycles. The van der Waals surface area contributed by atoms with Gasteiger partial charge in [0, 0.05) is 19.1 Å². The third-order valence-electron chi connectivity index (χ3n) is 3.36. The fourth-order valence-electron chi connectivity index (χ4n) is 1.93. The summed E-state index contributed by atoms with van der Waals surface area (Å²) in [4.78, 5) is 10.8. The number of rotatable bonds is 3. The van der Waals surface area contributed by atoms with Gasteiger partial charge in [-0.15, -0.1) is 0 Å². The minimum atomic E-state index is -0.700. The average Bonchev–Trinajstić information content (AvgIpc) is 3.30. The third kappa shape index (κ3) is 5.05. The molecule has 4 heteroatoms. The van der Waals surface area contributed by atoms with Crippen molar-refractivity contribution in [2.45, 2.75) is 45.6 Å². The van der Waals surface area contributed by atoms with Crippen LogP contribution in [0.1, 0.15) is 39.2 Å². The molecule has 1 aliphatic heterocycles. The van der Waals surface area contributed by atoms with Crippen molar-refractivity contribution in [3.63, 3.8) is 0 Å². The van der Waals surface area contributed by atoms with Crippen molar-refractivity contribution in [2.24, 2.45) is 5.92 Å². The van der Waals surface area contributed by atoms with Crippen LogP contribution in [-0.2, 0) is 11.2 Å². The second-order valence-corrected chi connectivity index (χ2v) is 5.31. The SMILES string of the molecule is CC.COc1ccc2c(c1)OC(C)(C=O)C2.OCC1CC1.